The van der Waals surface area contributed by atoms with Crippen LogP contribution in [0.1, 0.15) is 34.6 Å². The molecule has 0 saturated heterocycles. The van der Waals surface area contributed by atoms with Crippen LogP contribution in [0.4, 0.5) is 0 Å². The SMILES string of the molecule is Cc1cc(C(=O)C2CC2)cc(C)n1. The van der Waals surface area contributed by atoms with Crippen LogP contribution in [0, 0.1) is 19.8 Å². The molecule has 1 fully saturated rings. The van der Waals surface area contributed by atoms with Gasteiger partial charge in [-0.3, -0.25) is 9.78 Å². The molecular formula is C11H13NO. The first kappa shape index (κ1) is 8.42. The maximum absolute atomic E-state index is 11.7. The van der Waals surface area contributed by atoms with Gasteiger partial charge in [0.1, 0.15) is 0 Å². The second-order valence-corrected chi connectivity index (χ2v) is 3.78. The fraction of sp³-hybridized carbons (Fsp3) is 0.455. The number of nitrogens with zero attached hydrogens (tertiary/aromatic N) is 1. The Balaban J connectivity index is 2.33. The van der Waals surface area contributed by atoms with Crippen molar-refractivity contribution in [3.63, 3.8) is 0 Å². The Morgan fingerprint density at radius 1 is 1.31 bits per heavy atom. The van der Waals surface area contributed by atoms with Crippen LogP contribution >= 0.6 is 0 Å². The number of hydrogen-bond donors (Lipinski definition) is 0. The summed E-state index contributed by atoms with van der Waals surface area (Å²) in [6, 6.07) is 3.77. The lowest BCUT2D eigenvalue weighted by Crippen LogP contribution is -2.03. The molecule has 1 aromatic heterocycles. The Kier molecular flexibility index (Phi) is 1.91. The highest BCUT2D eigenvalue weighted by atomic mass is 16.1. The maximum atomic E-state index is 11.7. The molecule has 0 unspecified atom stereocenters. The summed E-state index contributed by atoms with van der Waals surface area (Å²) in [5.74, 6) is 0.606. The molecule has 13 heavy (non-hydrogen) atoms. The second-order valence-electron chi connectivity index (χ2n) is 3.78. The third-order valence-electron chi connectivity index (χ3n) is 2.31. The molecule has 1 aliphatic carbocycles. The van der Waals surface area contributed by atoms with Gasteiger partial charge in [0.05, 0.1) is 0 Å². The van der Waals surface area contributed by atoms with Crippen molar-refractivity contribution in [2.45, 2.75) is 26.7 Å². The van der Waals surface area contributed by atoms with E-state index in [2.05, 4.69) is 4.98 Å². The Bertz CT molecular complexity index is 333. The van der Waals surface area contributed by atoms with E-state index in [0.717, 1.165) is 29.8 Å². The molecule has 0 aromatic carbocycles. The lowest BCUT2D eigenvalue weighted by atomic mass is 10.1. The lowest BCUT2D eigenvalue weighted by molar-refractivity contribution is 0.0967. The van der Waals surface area contributed by atoms with Crippen molar-refractivity contribution in [1.82, 2.24) is 4.98 Å². The van der Waals surface area contributed by atoms with Gasteiger partial charge in [0.15, 0.2) is 5.78 Å². The van der Waals surface area contributed by atoms with E-state index >= 15 is 0 Å². The minimum absolute atomic E-state index is 0.300. The molecule has 2 nitrogen and oxygen atoms in total. The topological polar surface area (TPSA) is 30.0 Å². The molecule has 0 N–H and O–H groups in total. The highest BCUT2D eigenvalue weighted by Crippen LogP contribution is 2.32. The normalized spacial score (nSPS) is 15.8. The van der Waals surface area contributed by atoms with Gasteiger partial charge in [-0.1, -0.05) is 0 Å². The molecule has 0 atom stereocenters. The van der Waals surface area contributed by atoms with Crippen molar-refractivity contribution >= 4 is 5.78 Å². The van der Waals surface area contributed by atoms with E-state index in [9.17, 15) is 4.79 Å². The van der Waals surface area contributed by atoms with Crippen molar-refractivity contribution in [2.24, 2.45) is 5.92 Å². The van der Waals surface area contributed by atoms with Crippen LogP contribution in [-0.2, 0) is 0 Å². The van der Waals surface area contributed by atoms with Crippen LogP contribution in [0.15, 0.2) is 12.1 Å². The Hall–Kier alpha value is -1.18. The van der Waals surface area contributed by atoms with Gasteiger partial charge in [-0.15, -0.1) is 0 Å². The van der Waals surface area contributed by atoms with Crippen molar-refractivity contribution in [1.29, 1.82) is 0 Å². The molecule has 1 heterocycles. The fourth-order valence-electron chi connectivity index (χ4n) is 1.56. The zero-order valence-corrected chi connectivity index (χ0v) is 8.00. The smallest absolute Gasteiger partial charge is 0.166 e. The molecule has 0 spiro atoms. The van der Waals surface area contributed by atoms with Crippen LogP contribution in [0.25, 0.3) is 0 Å². The summed E-state index contributed by atoms with van der Waals surface area (Å²) in [5, 5.41) is 0. The molecule has 68 valence electrons. The predicted molar refractivity (Wildman–Crippen MR) is 50.8 cm³/mol. The molecular weight excluding hydrogens is 162 g/mol. The van der Waals surface area contributed by atoms with Gasteiger partial charge in [0.25, 0.3) is 0 Å². The van der Waals surface area contributed by atoms with E-state index in [1.165, 1.54) is 0 Å². The average Bonchev–Trinajstić information content (AvgIpc) is 2.83. The molecule has 0 amide bonds. The molecule has 0 bridgehead atoms. The van der Waals surface area contributed by atoms with E-state index in [1.807, 2.05) is 26.0 Å². The largest absolute Gasteiger partial charge is 0.294 e. The number of carbonyl (C=O) groups is 1. The number of aromatic nitrogens is 1. The van der Waals surface area contributed by atoms with Crippen molar-refractivity contribution in [3.05, 3.63) is 29.1 Å². The van der Waals surface area contributed by atoms with Crippen LogP contribution in [-0.4, -0.2) is 10.8 Å². The van der Waals surface area contributed by atoms with E-state index in [0.29, 0.717) is 11.7 Å². The fourth-order valence-corrected chi connectivity index (χ4v) is 1.56. The lowest BCUT2D eigenvalue weighted by Gasteiger charge is -2.01. The Morgan fingerprint density at radius 2 is 1.85 bits per heavy atom. The molecule has 1 aliphatic rings. The summed E-state index contributed by atoms with van der Waals surface area (Å²) in [4.78, 5) is 15.9. The first-order valence-corrected chi connectivity index (χ1v) is 4.66. The predicted octanol–water partition coefficient (Wildman–Crippen LogP) is 2.29. The van der Waals surface area contributed by atoms with Gasteiger partial charge in [-0.25, -0.2) is 0 Å². The van der Waals surface area contributed by atoms with E-state index < -0.39 is 0 Å². The standard InChI is InChI=1S/C11H13NO/c1-7-5-10(6-8(2)12-7)11(13)9-3-4-9/h5-6,9H,3-4H2,1-2H3. The number of aryl methyl sites for hydroxylation is 2. The number of ketones is 1. The van der Waals surface area contributed by atoms with E-state index in [4.69, 9.17) is 0 Å². The molecule has 2 rings (SSSR count). The molecule has 1 aromatic rings. The molecule has 1 saturated carbocycles. The summed E-state index contributed by atoms with van der Waals surface area (Å²) in [5.41, 5.74) is 2.71. The van der Waals surface area contributed by atoms with Gasteiger partial charge in [0.2, 0.25) is 0 Å². The third-order valence-corrected chi connectivity index (χ3v) is 2.31. The second kappa shape index (κ2) is 2.95. The van der Waals surface area contributed by atoms with E-state index in [-0.39, 0.29) is 0 Å². The van der Waals surface area contributed by atoms with Crippen molar-refractivity contribution in [3.8, 4) is 0 Å². The van der Waals surface area contributed by atoms with Crippen LogP contribution in [0.3, 0.4) is 0 Å². The number of hydrogen-bond acceptors (Lipinski definition) is 2. The monoisotopic (exact) mass is 175 g/mol. The Labute approximate surface area is 78.0 Å². The van der Waals surface area contributed by atoms with E-state index in [1.54, 1.807) is 0 Å². The molecule has 0 aliphatic heterocycles. The summed E-state index contributed by atoms with van der Waals surface area (Å²) in [7, 11) is 0. The van der Waals surface area contributed by atoms with Gasteiger partial charge < -0.3 is 0 Å². The minimum Gasteiger partial charge on any atom is -0.294 e. The Morgan fingerprint density at radius 3 is 2.31 bits per heavy atom. The average molecular weight is 175 g/mol. The zero-order valence-electron chi connectivity index (χ0n) is 8.00. The summed E-state index contributed by atoms with van der Waals surface area (Å²) in [6.45, 7) is 3.85. The quantitative estimate of drug-likeness (QED) is 0.645. The van der Waals surface area contributed by atoms with Crippen molar-refractivity contribution < 1.29 is 4.79 Å². The highest BCUT2D eigenvalue weighted by Gasteiger charge is 2.30. The third kappa shape index (κ3) is 1.77. The first-order chi connectivity index (χ1) is 6.16. The van der Waals surface area contributed by atoms with Crippen LogP contribution in [0.2, 0.25) is 0 Å². The number of Topliss-reactive ketones (excluding diaryl/α,β-unsaturated/α-hetero) is 1. The summed E-state index contributed by atoms with van der Waals surface area (Å²) in [6.07, 6.45) is 2.14. The summed E-state index contributed by atoms with van der Waals surface area (Å²) < 4.78 is 0. The van der Waals surface area contributed by atoms with Crippen LogP contribution < -0.4 is 0 Å². The summed E-state index contributed by atoms with van der Waals surface area (Å²) >= 11 is 0. The maximum Gasteiger partial charge on any atom is 0.166 e. The van der Waals surface area contributed by atoms with Crippen molar-refractivity contribution in [2.75, 3.05) is 0 Å². The number of rotatable bonds is 2. The first-order valence-electron chi connectivity index (χ1n) is 4.66. The number of pyridine rings is 1. The number of carbonyl (C=O) groups excluding carboxylic acids is 1. The van der Waals surface area contributed by atoms with Gasteiger partial charge >= 0.3 is 0 Å². The molecule has 0 radical (unpaired) electrons. The zero-order chi connectivity index (χ0) is 9.42. The van der Waals surface area contributed by atoms with Crippen LogP contribution in [0.5, 0.6) is 0 Å². The highest BCUT2D eigenvalue weighted by molar-refractivity contribution is 5.99. The van der Waals surface area contributed by atoms with Gasteiger partial charge in [-0.2, -0.15) is 0 Å². The minimum atomic E-state index is 0.300. The van der Waals surface area contributed by atoms with Gasteiger partial charge in [0, 0.05) is 22.9 Å². The van der Waals surface area contributed by atoms with Gasteiger partial charge in [-0.05, 0) is 38.8 Å². The molecule has 2 heteroatoms.